The summed E-state index contributed by atoms with van der Waals surface area (Å²) in [5.41, 5.74) is 0.538. The Morgan fingerprint density at radius 1 is 1.39 bits per heavy atom. The van der Waals surface area contributed by atoms with Crippen LogP contribution in [0.15, 0.2) is 35.9 Å². The summed E-state index contributed by atoms with van der Waals surface area (Å²) in [5.74, 6) is -0.548. The molecule has 18 heavy (non-hydrogen) atoms. The number of anilines is 1. The lowest BCUT2D eigenvalue weighted by Gasteiger charge is -2.09. The molecule has 0 radical (unpaired) electrons. The summed E-state index contributed by atoms with van der Waals surface area (Å²) in [6, 6.07) is 6.41. The fraction of sp³-hybridized carbons (Fsp3) is 0.167. The van der Waals surface area contributed by atoms with Crippen LogP contribution in [0.25, 0.3) is 0 Å². The van der Waals surface area contributed by atoms with Crippen molar-refractivity contribution in [1.29, 1.82) is 0 Å². The van der Waals surface area contributed by atoms with Crippen molar-refractivity contribution in [3.8, 4) is 0 Å². The van der Waals surface area contributed by atoms with Crippen LogP contribution in [0.2, 0.25) is 0 Å². The minimum absolute atomic E-state index is 0.103. The van der Waals surface area contributed by atoms with Crippen molar-refractivity contribution < 1.29 is 19.1 Å². The summed E-state index contributed by atoms with van der Waals surface area (Å²) in [7, 11) is 1.26. The summed E-state index contributed by atoms with van der Waals surface area (Å²) in [6.07, 6.45) is -0.729. The van der Waals surface area contributed by atoms with Crippen molar-refractivity contribution in [3.63, 3.8) is 0 Å². The fourth-order valence-corrected chi connectivity index (χ4v) is 1.22. The largest absolute Gasteiger partial charge is 0.465 e. The second-order valence-electron chi connectivity index (χ2n) is 3.26. The number of hydrogen-bond donors (Lipinski definition) is 1. The lowest BCUT2D eigenvalue weighted by atomic mass is 10.2. The van der Waals surface area contributed by atoms with Crippen molar-refractivity contribution in [3.05, 3.63) is 41.4 Å². The molecule has 1 N–H and O–H groups in total. The normalized spacial score (nSPS) is 9.44. The van der Waals surface area contributed by atoms with Crippen LogP contribution in [-0.2, 0) is 9.47 Å². The molecule has 1 amide bonds. The second kappa shape index (κ2) is 6.66. The Kier molecular flexibility index (Phi) is 5.20. The molecule has 0 bridgehead atoms. The molecule has 0 unspecified atom stereocenters. The molecule has 0 aromatic heterocycles. The molecule has 1 aromatic carbocycles. The number of esters is 1. The third-order valence-electron chi connectivity index (χ3n) is 1.93. The predicted molar refractivity (Wildman–Crippen MR) is 67.7 cm³/mol. The van der Waals surface area contributed by atoms with E-state index >= 15 is 0 Å². The van der Waals surface area contributed by atoms with Crippen LogP contribution in [0.5, 0.6) is 0 Å². The van der Waals surface area contributed by atoms with Gasteiger partial charge in [-0.1, -0.05) is 30.3 Å². The van der Waals surface area contributed by atoms with Crippen molar-refractivity contribution in [2.75, 3.05) is 19.0 Å². The Bertz CT molecular complexity index is 473. The minimum Gasteiger partial charge on any atom is -0.465 e. The smallest absolute Gasteiger partial charge is 0.412 e. The van der Waals surface area contributed by atoms with E-state index in [-0.39, 0.29) is 17.2 Å². The maximum atomic E-state index is 11.4. The second-order valence-corrected chi connectivity index (χ2v) is 3.79. The van der Waals surface area contributed by atoms with E-state index < -0.39 is 12.1 Å². The van der Waals surface area contributed by atoms with Crippen LogP contribution in [-0.4, -0.2) is 25.8 Å². The molecule has 5 nitrogen and oxygen atoms in total. The average Bonchev–Trinajstić information content (AvgIpc) is 2.36. The molecule has 1 aromatic rings. The number of benzene rings is 1. The molecule has 6 heteroatoms. The van der Waals surface area contributed by atoms with Gasteiger partial charge in [0, 0.05) is 5.03 Å². The van der Waals surface area contributed by atoms with Gasteiger partial charge in [0.2, 0.25) is 0 Å². The quantitative estimate of drug-likeness (QED) is 0.854. The predicted octanol–water partition coefficient (Wildman–Crippen LogP) is 2.77. The molecular weight excluding hydrogens is 258 g/mol. The van der Waals surface area contributed by atoms with Gasteiger partial charge < -0.3 is 9.47 Å². The average molecular weight is 270 g/mol. The number of halogens is 1. The first-order valence-corrected chi connectivity index (χ1v) is 5.36. The Labute approximate surface area is 109 Å². The van der Waals surface area contributed by atoms with Gasteiger partial charge in [0.1, 0.15) is 6.61 Å². The SMILES string of the molecule is C=C(Cl)COC(=O)Nc1ccccc1C(=O)OC. The minimum atomic E-state index is -0.729. The van der Waals surface area contributed by atoms with Gasteiger partial charge in [0.05, 0.1) is 18.4 Å². The number of ether oxygens (including phenoxy) is 2. The van der Waals surface area contributed by atoms with Crippen LogP contribution in [0.3, 0.4) is 0 Å². The van der Waals surface area contributed by atoms with Crippen LogP contribution in [0.1, 0.15) is 10.4 Å². The highest BCUT2D eigenvalue weighted by molar-refractivity contribution is 6.29. The van der Waals surface area contributed by atoms with Gasteiger partial charge in [0.25, 0.3) is 0 Å². The number of para-hydroxylation sites is 1. The highest BCUT2D eigenvalue weighted by Gasteiger charge is 2.13. The van der Waals surface area contributed by atoms with E-state index in [1.54, 1.807) is 18.2 Å². The molecule has 0 saturated heterocycles. The highest BCUT2D eigenvalue weighted by atomic mass is 35.5. The first kappa shape index (κ1) is 14.1. The number of carbonyl (C=O) groups is 2. The van der Waals surface area contributed by atoms with Crippen LogP contribution >= 0.6 is 11.6 Å². The van der Waals surface area contributed by atoms with Crippen LogP contribution < -0.4 is 5.32 Å². The van der Waals surface area contributed by atoms with E-state index in [2.05, 4.69) is 16.6 Å². The molecule has 1 rings (SSSR count). The van der Waals surface area contributed by atoms with Gasteiger partial charge in [-0.25, -0.2) is 9.59 Å². The summed E-state index contributed by atoms with van der Waals surface area (Å²) in [5, 5.41) is 2.62. The molecular formula is C12H12ClNO4. The van der Waals surface area contributed by atoms with Crippen molar-refractivity contribution in [1.82, 2.24) is 0 Å². The number of carbonyl (C=O) groups excluding carboxylic acids is 2. The topological polar surface area (TPSA) is 64.6 Å². The zero-order valence-electron chi connectivity index (χ0n) is 9.73. The first-order chi connectivity index (χ1) is 8.54. The van der Waals surface area contributed by atoms with Gasteiger partial charge in [0.15, 0.2) is 0 Å². The summed E-state index contributed by atoms with van der Waals surface area (Å²) < 4.78 is 9.33. The van der Waals surface area contributed by atoms with E-state index in [1.165, 1.54) is 13.2 Å². The summed E-state index contributed by atoms with van der Waals surface area (Å²) in [4.78, 5) is 22.8. The van der Waals surface area contributed by atoms with E-state index in [0.29, 0.717) is 5.69 Å². The van der Waals surface area contributed by atoms with Crippen molar-refractivity contribution >= 4 is 29.4 Å². The Morgan fingerprint density at radius 3 is 2.67 bits per heavy atom. The van der Waals surface area contributed by atoms with E-state index in [0.717, 1.165) is 0 Å². The zero-order valence-corrected chi connectivity index (χ0v) is 10.5. The molecule has 0 atom stereocenters. The van der Waals surface area contributed by atoms with E-state index in [1.807, 2.05) is 0 Å². The van der Waals surface area contributed by atoms with Crippen LogP contribution in [0, 0.1) is 0 Å². The molecule has 0 aliphatic carbocycles. The van der Waals surface area contributed by atoms with Crippen molar-refractivity contribution in [2.45, 2.75) is 0 Å². The summed E-state index contributed by atoms with van der Waals surface area (Å²) in [6.45, 7) is 3.28. The molecule has 0 fully saturated rings. The van der Waals surface area contributed by atoms with Gasteiger partial charge in [-0.2, -0.15) is 0 Å². The molecule has 0 saturated carbocycles. The lowest BCUT2D eigenvalue weighted by Crippen LogP contribution is -2.17. The zero-order chi connectivity index (χ0) is 13.5. The van der Waals surface area contributed by atoms with Gasteiger partial charge >= 0.3 is 12.1 Å². The van der Waals surface area contributed by atoms with Gasteiger partial charge in [-0.3, -0.25) is 5.32 Å². The van der Waals surface area contributed by atoms with E-state index in [4.69, 9.17) is 16.3 Å². The fourth-order valence-electron chi connectivity index (χ4n) is 1.17. The Balaban J connectivity index is 2.75. The molecule has 0 aliphatic rings. The number of hydrogen-bond acceptors (Lipinski definition) is 4. The molecule has 0 aliphatic heterocycles. The maximum absolute atomic E-state index is 11.4. The third-order valence-corrected chi connectivity index (χ3v) is 2.04. The highest BCUT2D eigenvalue weighted by Crippen LogP contribution is 2.16. The number of nitrogens with one attached hydrogen (secondary N) is 1. The third kappa shape index (κ3) is 4.10. The van der Waals surface area contributed by atoms with Crippen molar-refractivity contribution in [2.24, 2.45) is 0 Å². The standard InChI is InChI=1S/C12H12ClNO4/c1-8(13)7-18-12(16)14-10-6-4-3-5-9(10)11(15)17-2/h3-6H,1,7H2,2H3,(H,14,16). The monoisotopic (exact) mass is 269 g/mol. The summed E-state index contributed by atoms with van der Waals surface area (Å²) >= 11 is 5.46. The Hall–Kier alpha value is -2.01. The maximum Gasteiger partial charge on any atom is 0.412 e. The van der Waals surface area contributed by atoms with E-state index in [9.17, 15) is 9.59 Å². The van der Waals surface area contributed by atoms with Gasteiger partial charge in [-0.15, -0.1) is 0 Å². The molecule has 0 spiro atoms. The van der Waals surface area contributed by atoms with Gasteiger partial charge in [-0.05, 0) is 12.1 Å². The first-order valence-electron chi connectivity index (χ1n) is 4.99. The molecule has 0 heterocycles. The molecule has 96 valence electrons. The number of methoxy groups -OCH3 is 1. The number of amides is 1. The van der Waals surface area contributed by atoms with Crippen LogP contribution in [0.4, 0.5) is 10.5 Å². The lowest BCUT2D eigenvalue weighted by molar-refractivity contribution is 0.0602. The Morgan fingerprint density at radius 2 is 2.06 bits per heavy atom. The number of rotatable bonds is 4.